The monoisotopic (exact) mass is 170 g/mol. The summed E-state index contributed by atoms with van der Waals surface area (Å²) in [7, 11) is 0. The molecule has 0 fully saturated rings. The number of hydrogen-bond acceptors (Lipinski definition) is 2. The van der Waals surface area contributed by atoms with Gasteiger partial charge in [-0.1, -0.05) is 32.1 Å². The molecule has 0 saturated heterocycles. The molecule has 1 atom stereocenters. The first-order chi connectivity index (χ1) is 5.52. The van der Waals surface area contributed by atoms with Crippen LogP contribution < -0.4 is 0 Å². The van der Waals surface area contributed by atoms with Crippen molar-refractivity contribution >= 4 is 0 Å². The Balaban J connectivity index is 3.83. The van der Waals surface area contributed by atoms with Gasteiger partial charge < -0.3 is 10.2 Å². The van der Waals surface area contributed by atoms with E-state index in [2.05, 4.69) is 6.58 Å². The van der Waals surface area contributed by atoms with Crippen molar-refractivity contribution in [3.05, 3.63) is 24.8 Å². The molecular formula is C10H18O2. The third-order valence-electron chi connectivity index (χ3n) is 1.63. The Morgan fingerprint density at radius 1 is 1.50 bits per heavy atom. The maximum absolute atomic E-state index is 9.10. The molecule has 0 rings (SSSR count). The maximum Gasteiger partial charge on any atom is 0.0752 e. The molecular weight excluding hydrogens is 152 g/mol. The van der Waals surface area contributed by atoms with Gasteiger partial charge in [-0.15, -0.1) is 6.58 Å². The molecule has 0 aromatic heterocycles. The van der Waals surface area contributed by atoms with Gasteiger partial charge in [0, 0.05) is 5.41 Å². The summed E-state index contributed by atoms with van der Waals surface area (Å²) in [5.74, 6) is 0. The van der Waals surface area contributed by atoms with Gasteiger partial charge in [-0.3, -0.25) is 0 Å². The molecule has 0 radical (unpaired) electrons. The summed E-state index contributed by atoms with van der Waals surface area (Å²) in [5.41, 5.74) is -0.194. The number of aliphatic hydroxyl groups excluding tert-OH is 2. The minimum atomic E-state index is -0.476. The number of hydrogen-bond donors (Lipinski definition) is 2. The molecule has 1 unspecified atom stereocenters. The summed E-state index contributed by atoms with van der Waals surface area (Å²) in [6.07, 6.45) is 5.35. The number of aliphatic hydroxyl groups is 2. The van der Waals surface area contributed by atoms with Crippen molar-refractivity contribution in [1.29, 1.82) is 0 Å². The fraction of sp³-hybridized carbons (Fsp3) is 0.600. The van der Waals surface area contributed by atoms with Crippen LogP contribution in [-0.2, 0) is 0 Å². The van der Waals surface area contributed by atoms with Gasteiger partial charge in [0.2, 0.25) is 0 Å². The Morgan fingerprint density at radius 3 is 2.50 bits per heavy atom. The molecule has 0 aliphatic carbocycles. The van der Waals surface area contributed by atoms with E-state index < -0.39 is 6.10 Å². The summed E-state index contributed by atoms with van der Waals surface area (Å²) >= 11 is 0. The summed E-state index contributed by atoms with van der Waals surface area (Å²) in [6, 6.07) is 0. The summed E-state index contributed by atoms with van der Waals surface area (Å²) in [5, 5.41) is 18.0. The zero-order valence-electron chi connectivity index (χ0n) is 7.83. The molecule has 2 heteroatoms. The maximum atomic E-state index is 9.10. The van der Waals surface area contributed by atoms with E-state index in [-0.39, 0.29) is 12.0 Å². The normalized spacial score (nSPS) is 15.0. The third kappa shape index (κ3) is 5.10. The molecule has 0 heterocycles. The highest BCUT2D eigenvalue weighted by Gasteiger charge is 2.10. The van der Waals surface area contributed by atoms with E-state index in [1.807, 2.05) is 26.0 Å². The molecule has 0 saturated carbocycles. The molecule has 0 bridgehead atoms. The molecule has 0 amide bonds. The third-order valence-corrected chi connectivity index (χ3v) is 1.63. The quantitative estimate of drug-likeness (QED) is 0.614. The van der Waals surface area contributed by atoms with Crippen LogP contribution in [0, 0.1) is 5.41 Å². The lowest BCUT2D eigenvalue weighted by molar-refractivity contribution is 0.197. The van der Waals surface area contributed by atoms with Crippen molar-refractivity contribution < 1.29 is 10.2 Å². The van der Waals surface area contributed by atoms with Gasteiger partial charge in [-0.05, 0) is 6.42 Å². The van der Waals surface area contributed by atoms with E-state index in [1.165, 1.54) is 6.08 Å². The van der Waals surface area contributed by atoms with E-state index >= 15 is 0 Å². The molecule has 0 aliphatic rings. The van der Waals surface area contributed by atoms with E-state index in [0.717, 1.165) is 0 Å². The fourth-order valence-corrected chi connectivity index (χ4v) is 0.675. The predicted octanol–water partition coefficient (Wildman–Crippen LogP) is 1.50. The van der Waals surface area contributed by atoms with Crippen LogP contribution in [0.25, 0.3) is 0 Å². The van der Waals surface area contributed by atoms with Crippen molar-refractivity contribution in [2.75, 3.05) is 6.61 Å². The fourth-order valence-electron chi connectivity index (χ4n) is 0.675. The number of rotatable bonds is 5. The standard InChI is InChI=1S/C10H18O2/c1-4-9(12)6-5-7-10(2,3)8-11/h4-5,7,9,11-12H,1,6,8H2,2-3H3. The Labute approximate surface area is 74.2 Å². The van der Waals surface area contributed by atoms with Crippen molar-refractivity contribution in [2.45, 2.75) is 26.4 Å². The van der Waals surface area contributed by atoms with Crippen LogP contribution in [0.5, 0.6) is 0 Å². The van der Waals surface area contributed by atoms with Gasteiger partial charge in [0.1, 0.15) is 0 Å². The molecule has 12 heavy (non-hydrogen) atoms. The predicted molar refractivity (Wildman–Crippen MR) is 50.8 cm³/mol. The lowest BCUT2D eigenvalue weighted by Gasteiger charge is -2.15. The molecule has 0 aliphatic heterocycles. The SMILES string of the molecule is C=CC(O)CC=CC(C)(C)CO. The highest BCUT2D eigenvalue weighted by Crippen LogP contribution is 2.15. The molecule has 0 spiro atoms. The molecule has 0 aromatic carbocycles. The van der Waals surface area contributed by atoms with Crippen LogP contribution in [0.3, 0.4) is 0 Å². The van der Waals surface area contributed by atoms with E-state index in [1.54, 1.807) is 0 Å². The van der Waals surface area contributed by atoms with Crippen molar-refractivity contribution in [2.24, 2.45) is 5.41 Å². The van der Waals surface area contributed by atoms with Crippen molar-refractivity contribution in [3.63, 3.8) is 0 Å². The van der Waals surface area contributed by atoms with Crippen LogP contribution >= 0.6 is 0 Å². The summed E-state index contributed by atoms with van der Waals surface area (Å²) < 4.78 is 0. The van der Waals surface area contributed by atoms with Gasteiger partial charge >= 0.3 is 0 Å². The second-order valence-electron chi connectivity index (χ2n) is 3.59. The smallest absolute Gasteiger partial charge is 0.0752 e. The highest BCUT2D eigenvalue weighted by atomic mass is 16.3. The Bertz CT molecular complexity index is 159. The van der Waals surface area contributed by atoms with Crippen LogP contribution in [0.4, 0.5) is 0 Å². The lowest BCUT2D eigenvalue weighted by atomic mass is 9.94. The second kappa shape index (κ2) is 5.12. The zero-order valence-corrected chi connectivity index (χ0v) is 7.83. The Morgan fingerprint density at radius 2 is 2.08 bits per heavy atom. The van der Waals surface area contributed by atoms with Crippen LogP contribution in [0.2, 0.25) is 0 Å². The second-order valence-corrected chi connectivity index (χ2v) is 3.59. The average Bonchev–Trinajstić information content (AvgIpc) is 2.04. The Kier molecular flexibility index (Phi) is 4.86. The van der Waals surface area contributed by atoms with Gasteiger partial charge in [-0.25, -0.2) is 0 Å². The highest BCUT2D eigenvalue weighted by molar-refractivity contribution is 4.97. The average molecular weight is 170 g/mol. The molecule has 2 N–H and O–H groups in total. The molecule has 2 nitrogen and oxygen atoms in total. The van der Waals surface area contributed by atoms with E-state index in [9.17, 15) is 0 Å². The van der Waals surface area contributed by atoms with Gasteiger partial charge in [0.05, 0.1) is 12.7 Å². The van der Waals surface area contributed by atoms with Crippen LogP contribution in [0.1, 0.15) is 20.3 Å². The first-order valence-electron chi connectivity index (χ1n) is 4.11. The minimum absolute atomic E-state index is 0.119. The van der Waals surface area contributed by atoms with Crippen molar-refractivity contribution in [3.8, 4) is 0 Å². The van der Waals surface area contributed by atoms with E-state index in [4.69, 9.17) is 10.2 Å². The molecule has 0 aromatic rings. The Hall–Kier alpha value is -0.600. The topological polar surface area (TPSA) is 40.5 Å². The van der Waals surface area contributed by atoms with Crippen LogP contribution in [0.15, 0.2) is 24.8 Å². The summed E-state index contributed by atoms with van der Waals surface area (Å²) in [6.45, 7) is 7.45. The van der Waals surface area contributed by atoms with Crippen LogP contribution in [-0.4, -0.2) is 22.9 Å². The van der Waals surface area contributed by atoms with Crippen molar-refractivity contribution in [1.82, 2.24) is 0 Å². The van der Waals surface area contributed by atoms with E-state index in [0.29, 0.717) is 6.42 Å². The van der Waals surface area contributed by atoms with Gasteiger partial charge in [-0.2, -0.15) is 0 Å². The first-order valence-corrected chi connectivity index (χ1v) is 4.11. The molecule has 70 valence electrons. The van der Waals surface area contributed by atoms with Gasteiger partial charge in [0.15, 0.2) is 0 Å². The largest absolute Gasteiger partial charge is 0.395 e. The zero-order chi connectivity index (χ0) is 9.61. The minimum Gasteiger partial charge on any atom is -0.395 e. The lowest BCUT2D eigenvalue weighted by Crippen LogP contribution is -2.12. The first kappa shape index (κ1) is 11.4. The summed E-state index contributed by atoms with van der Waals surface area (Å²) in [4.78, 5) is 0. The van der Waals surface area contributed by atoms with Gasteiger partial charge in [0.25, 0.3) is 0 Å².